The van der Waals surface area contributed by atoms with Crippen LogP contribution in [0.2, 0.25) is 10.0 Å². The van der Waals surface area contributed by atoms with E-state index in [9.17, 15) is 0 Å². The molecule has 1 aromatic rings. The molecule has 1 rings (SSSR count). The van der Waals surface area contributed by atoms with E-state index < -0.39 is 0 Å². The standard InChI is InChI=1S/C11H17Cl2N3/c1-3-16(2)5-4-15-11-7-9(13)8(12)6-10(11)14/h6-7,15H,3-5,14H2,1-2H3. The Labute approximate surface area is 107 Å². The number of hydrogen-bond acceptors (Lipinski definition) is 3. The molecular formula is C11H17Cl2N3. The van der Waals surface area contributed by atoms with Crippen molar-refractivity contribution in [2.45, 2.75) is 6.92 Å². The molecule has 0 heterocycles. The molecule has 0 atom stereocenters. The number of anilines is 2. The monoisotopic (exact) mass is 261 g/mol. The molecule has 0 saturated carbocycles. The summed E-state index contributed by atoms with van der Waals surface area (Å²) in [6, 6.07) is 3.42. The highest BCUT2D eigenvalue weighted by Gasteiger charge is 2.04. The maximum Gasteiger partial charge on any atom is 0.0614 e. The lowest BCUT2D eigenvalue weighted by Gasteiger charge is -2.16. The minimum Gasteiger partial charge on any atom is -0.397 e. The lowest BCUT2D eigenvalue weighted by atomic mass is 10.2. The van der Waals surface area contributed by atoms with Crippen LogP contribution in [0.1, 0.15) is 6.92 Å². The summed E-state index contributed by atoms with van der Waals surface area (Å²) in [6.45, 7) is 4.93. The van der Waals surface area contributed by atoms with E-state index in [1.54, 1.807) is 12.1 Å². The number of nitrogens with two attached hydrogens (primary N) is 1. The minimum atomic E-state index is 0.482. The Kier molecular flexibility index (Phi) is 5.19. The van der Waals surface area contributed by atoms with Crippen molar-refractivity contribution >= 4 is 34.6 Å². The van der Waals surface area contributed by atoms with Crippen molar-refractivity contribution < 1.29 is 0 Å². The van der Waals surface area contributed by atoms with E-state index in [0.29, 0.717) is 15.7 Å². The highest BCUT2D eigenvalue weighted by atomic mass is 35.5. The first-order chi connectivity index (χ1) is 7.54. The van der Waals surface area contributed by atoms with Crippen LogP contribution in [0.3, 0.4) is 0 Å². The van der Waals surface area contributed by atoms with Crippen LogP contribution in [0, 0.1) is 0 Å². The molecule has 0 fully saturated rings. The predicted molar refractivity (Wildman–Crippen MR) is 72.5 cm³/mol. The summed E-state index contributed by atoms with van der Waals surface area (Å²) in [5.41, 5.74) is 7.27. The Morgan fingerprint density at radius 1 is 1.31 bits per heavy atom. The summed E-state index contributed by atoms with van der Waals surface area (Å²) in [4.78, 5) is 2.21. The Morgan fingerprint density at radius 3 is 2.56 bits per heavy atom. The quantitative estimate of drug-likeness (QED) is 0.801. The summed E-state index contributed by atoms with van der Waals surface area (Å²) in [5.74, 6) is 0. The van der Waals surface area contributed by atoms with Gasteiger partial charge in [0.1, 0.15) is 0 Å². The number of nitrogens with zero attached hydrogens (tertiary/aromatic N) is 1. The van der Waals surface area contributed by atoms with Crippen LogP contribution in [0.4, 0.5) is 11.4 Å². The van der Waals surface area contributed by atoms with Crippen LogP contribution >= 0.6 is 23.2 Å². The molecular weight excluding hydrogens is 245 g/mol. The van der Waals surface area contributed by atoms with E-state index in [1.165, 1.54) is 0 Å². The zero-order valence-electron chi connectivity index (χ0n) is 9.56. The molecule has 0 aliphatic rings. The molecule has 0 saturated heterocycles. The fraction of sp³-hybridized carbons (Fsp3) is 0.455. The van der Waals surface area contributed by atoms with Crippen LogP contribution in [0.5, 0.6) is 0 Å². The lowest BCUT2D eigenvalue weighted by molar-refractivity contribution is 0.367. The molecule has 3 N–H and O–H groups in total. The van der Waals surface area contributed by atoms with Crippen molar-refractivity contribution in [3.8, 4) is 0 Å². The summed E-state index contributed by atoms with van der Waals surface area (Å²) in [5, 5.41) is 4.23. The Morgan fingerprint density at radius 2 is 1.94 bits per heavy atom. The topological polar surface area (TPSA) is 41.3 Å². The summed E-state index contributed by atoms with van der Waals surface area (Å²) < 4.78 is 0. The van der Waals surface area contributed by atoms with Crippen molar-refractivity contribution in [1.82, 2.24) is 4.90 Å². The second kappa shape index (κ2) is 6.18. The zero-order valence-corrected chi connectivity index (χ0v) is 11.1. The van der Waals surface area contributed by atoms with E-state index in [-0.39, 0.29) is 0 Å². The Bertz CT molecular complexity index is 355. The zero-order chi connectivity index (χ0) is 12.1. The van der Waals surface area contributed by atoms with Crippen LogP contribution in [-0.4, -0.2) is 31.6 Å². The van der Waals surface area contributed by atoms with Gasteiger partial charge in [0.05, 0.1) is 21.4 Å². The summed E-state index contributed by atoms with van der Waals surface area (Å²) >= 11 is 11.8. The molecule has 0 aliphatic heterocycles. The van der Waals surface area contributed by atoms with E-state index in [0.717, 1.165) is 25.3 Å². The molecule has 0 radical (unpaired) electrons. The maximum absolute atomic E-state index is 5.92. The summed E-state index contributed by atoms with van der Waals surface area (Å²) in [6.07, 6.45) is 0. The molecule has 90 valence electrons. The van der Waals surface area contributed by atoms with Crippen LogP contribution in [-0.2, 0) is 0 Å². The van der Waals surface area contributed by atoms with E-state index in [1.807, 2.05) is 0 Å². The third-order valence-electron chi connectivity index (χ3n) is 2.44. The second-order valence-corrected chi connectivity index (χ2v) is 4.49. The number of benzene rings is 1. The average Bonchev–Trinajstić information content (AvgIpc) is 2.25. The van der Waals surface area contributed by atoms with Gasteiger partial charge in [0.15, 0.2) is 0 Å². The first-order valence-corrected chi connectivity index (χ1v) is 5.97. The number of hydrogen-bond donors (Lipinski definition) is 2. The number of halogens is 2. The third-order valence-corrected chi connectivity index (χ3v) is 3.16. The minimum absolute atomic E-state index is 0.482. The summed E-state index contributed by atoms with van der Waals surface area (Å²) in [7, 11) is 2.07. The molecule has 0 aromatic heterocycles. The van der Waals surface area contributed by atoms with Gasteiger partial charge in [-0.2, -0.15) is 0 Å². The van der Waals surface area contributed by atoms with Gasteiger partial charge in [-0.3, -0.25) is 0 Å². The van der Waals surface area contributed by atoms with Gasteiger partial charge in [0.25, 0.3) is 0 Å². The molecule has 0 aliphatic carbocycles. The number of nitrogen functional groups attached to an aromatic ring is 1. The van der Waals surface area contributed by atoms with Gasteiger partial charge in [0, 0.05) is 13.1 Å². The smallest absolute Gasteiger partial charge is 0.0614 e. The molecule has 1 aromatic carbocycles. The van der Waals surface area contributed by atoms with Crippen molar-refractivity contribution in [3.63, 3.8) is 0 Å². The molecule has 16 heavy (non-hydrogen) atoms. The third kappa shape index (κ3) is 3.74. The van der Waals surface area contributed by atoms with Gasteiger partial charge in [-0.25, -0.2) is 0 Å². The van der Waals surface area contributed by atoms with Crippen LogP contribution in [0.15, 0.2) is 12.1 Å². The Balaban J connectivity index is 2.57. The SMILES string of the molecule is CCN(C)CCNc1cc(Cl)c(Cl)cc1N. The fourth-order valence-electron chi connectivity index (χ4n) is 1.25. The molecule has 0 spiro atoms. The van der Waals surface area contributed by atoms with Crippen molar-refractivity contribution in [2.24, 2.45) is 0 Å². The predicted octanol–water partition coefficient (Wildman–Crippen LogP) is 2.94. The average molecular weight is 262 g/mol. The molecule has 5 heteroatoms. The fourth-order valence-corrected chi connectivity index (χ4v) is 1.59. The van der Waals surface area contributed by atoms with Crippen molar-refractivity contribution in [3.05, 3.63) is 22.2 Å². The molecule has 0 bridgehead atoms. The number of likely N-dealkylation sites (N-methyl/N-ethyl adjacent to an activating group) is 1. The van der Waals surface area contributed by atoms with Crippen molar-refractivity contribution in [1.29, 1.82) is 0 Å². The highest BCUT2D eigenvalue weighted by Crippen LogP contribution is 2.30. The highest BCUT2D eigenvalue weighted by molar-refractivity contribution is 6.42. The number of rotatable bonds is 5. The normalized spacial score (nSPS) is 10.8. The van der Waals surface area contributed by atoms with Gasteiger partial charge >= 0.3 is 0 Å². The van der Waals surface area contributed by atoms with Gasteiger partial charge < -0.3 is 16.0 Å². The molecule has 3 nitrogen and oxygen atoms in total. The second-order valence-electron chi connectivity index (χ2n) is 3.68. The largest absolute Gasteiger partial charge is 0.397 e. The maximum atomic E-state index is 5.92. The van der Waals surface area contributed by atoms with E-state index >= 15 is 0 Å². The first kappa shape index (κ1) is 13.4. The van der Waals surface area contributed by atoms with Crippen LogP contribution in [0.25, 0.3) is 0 Å². The van der Waals surface area contributed by atoms with Crippen LogP contribution < -0.4 is 11.1 Å². The van der Waals surface area contributed by atoms with Gasteiger partial charge in [-0.1, -0.05) is 30.1 Å². The molecule has 0 amide bonds. The van der Waals surface area contributed by atoms with Gasteiger partial charge in [-0.15, -0.1) is 0 Å². The Hall–Kier alpha value is -0.640. The first-order valence-electron chi connectivity index (χ1n) is 5.21. The molecule has 0 unspecified atom stereocenters. The van der Waals surface area contributed by atoms with E-state index in [4.69, 9.17) is 28.9 Å². The van der Waals surface area contributed by atoms with Gasteiger partial charge in [0.2, 0.25) is 0 Å². The lowest BCUT2D eigenvalue weighted by Crippen LogP contribution is -2.24. The van der Waals surface area contributed by atoms with Crippen molar-refractivity contribution in [2.75, 3.05) is 37.7 Å². The van der Waals surface area contributed by atoms with Gasteiger partial charge in [-0.05, 0) is 25.7 Å². The van der Waals surface area contributed by atoms with E-state index in [2.05, 4.69) is 24.2 Å². The number of nitrogens with one attached hydrogen (secondary N) is 1.